The maximum atomic E-state index is 10.1. The summed E-state index contributed by atoms with van der Waals surface area (Å²) in [7, 11) is 0. The minimum atomic E-state index is -2.97. The average Bonchev–Trinajstić information content (AvgIpc) is 3.01. The van der Waals surface area contributed by atoms with E-state index in [9.17, 15) is 119 Å². The van der Waals surface area contributed by atoms with E-state index in [0.717, 1.165) is 0 Å². The molecule has 0 fully saturated rings. The standard InChI is InChI=1S/4C6H8O7.3Ca.3O.3Zr/c4*7-3(8)1-6(13,5(11)12)2-4(9)10;;;;;;;;;/h4*13H,1-2H2,(H,7,8)(H,9,10)(H,11,12);;;;;;;;;/q;;;;3*+2;;;;3*+2/p-12. The molecule has 320 valence electrons. The second-order valence-electron chi connectivity index (χ2n) is 9.67. The fraction of sp³-hybridized carbons (Fsp3) is 0.500. The fourth-order valence-corrected chi connectivity index (χ4v) is 2.74. The van der Waals surface area contributed by atoms with Gasteiger partial charge in [-0.1, -0.05) is 0 Å². The Morgan fingerprint density at radius 1 is 0.262 bits per heavy atom. The number of aliphatic carboxylic acids is 12. The van der Waals surface area contributed by atoms with E-state index in [1.54, 1.807) is 0 Å². The molecule has 0 atom stereocenters. The molecule has 0 aliphatic carbocycles. The van der Waals surface area contributed by atoms with Gasteiger partial charge in [0.05, 0.1) is 23.9 Å². The Kier molecular flexibility index (Phi) is 61.2. The van der Waals surface area contributed by atoms with Crippen LogP contribution in [0.15, 0.2) is 0 Å². The number of hydrogen-bond acceptors (Lipinski definition) is 31. The van der Waals surface area contributed by atoms with Crippen LogP contribution in [0.25, 0.3) is 0 Å². The van der Waals surface area contributed by atoms with Crippen LogP contribution in [-0.2, 0) is 140 Å². The van der Waals surface area contributed by atoms with E-state index in [0.29, 0.717) is 74.2 Å². The Bertz CT molecular complexity index is 1200. The van der Waals surface area contributed by atoms with Crippen molar-refractivity contribution in [3.63, 3.8) is 0 Å². The van der Waals surface area contributed by atoms with Crippen LogP contribution in [0.2, 0.25) is 0 Å². The topological polar surface area (TPSA) is 614 Å². The first-order chi connectivity index (χ1) is 26.1. The van der Waals surface area contributed by atoms with Gasteiger partial charge in [0.15, 0.2) is 0 Å². The molecule has 0 rings (SSSR count). The third kappa shape index (κ3) is 48.6. The summed E-state index contributed by atoms with van der Waals surface area (Å²) < 4.78 is 25.0. The van der Waals surface area contributed by atoms with Gasteiger partial charge in [-0.3, -0.25) is 0 Å². The SMILES string of the molecule is O=C([O-])CC(O)(CC(=O)[O-])C(=O)[O-].O=C([O-])CC(O)(CC(=O)[O-])C(=O)[O-].O=C([O-])CC(O)(CC(=O)[O-])C(=O)[O-].O=C([O-])CC(O)(CC(=O)[O-])C(=O)[O-].[Ca+2].[Ca+2].[Ca+2].[O]=[Zr+2].[O]=[Zr+2].[O]=[Zr+2]. The summed E-state index contributed by atoms with van der Waals surface area (Å²) in [5.41, 5.74) is -11.9. The molecule has 0 radical (unpaired) electrons. The summed E-state index contributed by atoms with van der Waals surface area (Å²) in [5, 5.41) is 156. The molecule has 0 unspecified atom stereocenters. The number of carbonyl (C=O) groups is 12. The van der Waals surface area contributed by atoms with E-state index in [4.69, 9.17) is 28.9 Å². The van der Waals surface area contributed by atoms with Gasteiger partial charge < -0.3 is 139 Å². The van der Waals surface area contributed by atoms with E-state index >= 15 is 0 Å². The van der Waals surface area contributed by atoms with Crippen molar-refractivity contribution in [2.24, 2.45) is 0 Å². The number of aliphatic hydroxyl groups is 4. The van der Waals surface area contributed by atoms with Crippen LogP contribution in [0.1, 0.15) is 51.4 Å². The molecule has 0 heterocycles. The third-order valence-electron chi connectivity index (χ3n) is 5.01. The van der Waals surface area contributed by atoms with Crippen molar-refractivity contribution in [2.45, 2.75) is 73.8 Å². The summed E-state index contributed by atoms with van der Waals surface area (Å²) in [6, 6.07) is 0. The average molecular weight is 1200 g/mol. The molecule has 0 aromatic heterocycles. The van der Waals surface area contributed by atoms with Gasteiger partial charge in [-0.2, -0.15) is 0 Å². The third-order valence-corrected chi connectivity index (χ3v) is 5.01. The first-order valence-electron chi connectivity index (χ1n) is 13.1. The van der Waals surface area contributed by atoms with Gasteiger partial charge >= 0.3 is 196 Å². The number of rotatable bonds is 20. The summed E-state index contributed by atoms with van der Waals surface area (Å²) in [6.45, 7) is 0. The summed E-state index contributed by atoms with van der Waals surface area (Å²) >= 11 is 0.900. The Morgan fingerprint density at radius 2 is 0.328 bits per heavy atom. The van der Waals surface area contributed by atoms with Crippen LogP contribution < -0.4 is 61.3 Å². The van der Waals surface area contributed by atoms with E-state index in [2.05, 4.69) is 0 Å². The van der Waals surface area contributed by atoms with Gasteiger partial charge in [0, 0.05) is 99.1 Å². The number of carbonyl (C=O) groups excluding carboxylic acids is 12. The van der Waals surface area contributed by atoms with Crippen LogP contribution in [-0.4, -0.2) is 228 Å². The molecule has 61 heavy (non-hydrogen) atoms. The molecule has 31 nitrogen and oxygen atoms in total. The molecule has 0 saturated carbocycles. The molecule has 0 aromatic carbocycles. The van der Waals surface area contributed by atoms with E-state index in [-0.39, 0.29) is 113 Å². The van der Waals surface area contributed by atoms with Gasteiger partial charge in [0.25, 0.3) is 0 Å². The molecule has 0 aliphatic rings. The van der Waals surface area contributed by atoms with Crippen molar-refractivity contribution in [1.29, 1.82) is 0 Å². The zero-order valence-electron chi connectivity index (χ0n) is 30.1. The Hall–Kier alpha value is -0.691. The number of hydrogen-bond donors (Lipinski definition) is 4. The van der Waals surface area contributed by atoms with Crippen LogP contribution in [0, 0.1) is 0 Å². The van der Waals surface area contributed by atoms with Crippen molar-refractivity contribution in [2.75, 3.05) is 0 Å². The van der Waals surface area contributed by atoms with Crippen molar-refractivity contribution >= 4 is 185 Å². The molecular weight excluding hydrogens is 1180 g/mol. The zero-order chi connectivity index (χ0) is 48.6. The van der Waals surface area contributed by atoms with Crippen molar-refractivity contribution < 1.29 is 222 Å². The normalized spacial score (nSPS) is 9.54. The predicted octanol–water partition coefficient (Wildman–Crippen LogP) is -22.5. The maximum absolute atomic E-state index is 10.1. The first kappa shape index (κ1) is 83.8. The molecule has 0 saturated heterocycles. The quantitative estimate of drug-likeness (QED) is 0.0822. The fourth-order valence-electron chi connectivity index (χ4n) is 2.74. The van der Waals surface area contributed by atoms with Gasteiger partial charge in [0.1, 0.15) is 22.4 Å². The Morgan fingerprint density at radius 3 is 0.361 bits per heavy atom. The second-order valence-corrected chi connectivity index (χ2v) is 9.67. The number of carboxylic acid groups (broad SMARTS) is 12. The Balaban J connectivity index is -0.0000000670. The molecule has 37 heteroatoms. The molecule has 0 aromatic rings. The molecule has 0 bridgehead atoms. The van der Waals surface area contributed by atoms with E-state index < -0.39 is 145 Å². The minimum absolute atomic E-state index is 0. The van der Waals surface area contributed by atoms with Crippen molar-refractivity contribution in [3.8, 4) is 0 Å². The summed E-state index contributed by atoms with van der Waals surface area (Å²) in [4.78, 5) is 120. The molecule has 0 aliphatic heterocycles. The van der Waals surface area contributed by atoms with E-state index in [1.165, 1.54) is 0 Å². The second kappa shape index (κ2) is 44.5. The molecule has 4 N–H and O–H groups in total. The zero-order valence-corrected chi connectivity index (χ0v) is 44.1. The van der Waals surface area contributed by atoms with Crippen LogP contribution in [0.3, 0.4) is 0 Å². The molecule has 0 spiro atoms. The van der Waals surface area contributed by atoms with Gasteiger partial charge in [-0.25, -0.2) is 0 Å². The van der Waals surface area contributed by atoms with Crippen LogP contribution in [0.5, 0.6) is 0 Å². The van der Waals surface area contributed by atoms with Gasteiger partial charge in [-0.15, -0.1) is 0 Å². The monoisotopic (exact) mass is 1190 g/mol. The van der Waals surface area contributed by atoms with Crippen molar-refractivity contribution in [3.05, 3.63) is 0 Å². The van der Waals surface area contributed by atoms with E-state index in [1.807, 2.05) is 0 Å². The molecule has 0 amide bonds. The summed E-state index contributed by atoms with van der Waals surface area (Å²) in [5.74, 6) is -23.9. The predicted molar refractivity (Wildman–Crippen MR) is 136 cm³/mol. The van der Waals surface area contributed by atoms with Crippen LogP contribution >= 0.6 is 0 Å². The van der Waals surface area contributed by atoms with Crippen LogP contribution in [0.4, 0.5) is 0 Å². The van der Waals surface area contributed by atoms with Crippen molar-refractivity contribution in [1.82, 2.24) is 0 Å². The van der Waals surface area contributed by atoms with Gasteiger partial charge in [0.2, 0.25) is 0 Å². The summed E-state index contributed by atoms with van der Waals surface area (Å²) in [6.07, 6.45) is -10.9. The first-order valence-corrected chi connectivity index (χ1v) is 16.1. The van der Waals surface area contributed by atoms with Gasteiger partial charge in [-0.05, 0) is 0 Å². The Labute approximate surface area is 473 Å². The molecular formula is C24H20Ca3O31Zr3. The number of carboxylic acids is 12.